The molecular formula is C25H29FN4O2S. The Hall–Kier alpha value is -3.10. The van der Waals surface area contributed by atoms with E-state index in [9.17, 15) is 14.0 Å². The van der Waals surface area contributed by atoms with Crippen LogP contribution in [-0.2, 0) is 22.4 Å². The number of carbonyl (C=O) groups excluding carboxylic acids is 2. The van der Waals surface area contributed by atoms with Gasteiger partial charge in [0.25, 0.3) is 0 Å². The van der Waals surface area contributed by atoms with Gasteiger partial charge in [0.05, 0.1) is 15.6 Å². The molecule has 3 rings (SSSR count). The molecule has 3 aromatic rings. The molecule has 2 atom stereocenters. The summed E-state index contributed by atoms with van der Waals surface area (Å²) >= 11 is 1.44. The molecule has 8 heteroatoms. The molecule has 33 heavy (non-hydrogen) atoms. The third-order valence-electron chi connectivity index (χ3n) is 5.25. The van der Waals surface area contributed by atoms with Gasteiger partial charge < -0.3 is 16.4 Å². The Morgan fingerprint density at radius 2 is 1.76 bits per heavy atom. The van der Waals surface area contributed by atoms with Gasteiger partial charge in [-0.3, -0.25) is 9.59 Å². The molecule has 0 bridgehead atoms. The predicted octanol–water partition coefficient (Wildman–Crippen LogP) is 3.38. The average Bonchev–Trinajstić information content (AvgIpc) is 3.19. The second kappa shape index (κ2) is 11.7. The molecule has 1 aromatic heterocycles. The van der Waals surface area contributed by atoms with Crippen molar-refractivity contribution >= 4 is 23.2 Å². The molecular weight excluding hydrogens is 439 g/mol. The van der Waals surface area contributed by atoms with Crippen molar-refractivity contribution in [1.82, 2.24) is 15.6 Å². The van der Waals surface area contributed by atoms with E-state index in [1.54, 1.807) is 19.1 Å². The van der Waals surface area contributed by atoms with E-state index >= 15 is 0 Å². The fourth-order valence-corrected chi connectivity index (χ4v) is 4.60. The van der Waals surface area contributed by atoms with Crippen LogP contribution in [0.25, 0.3) is 10.4 Å². The molecule has 0 aliphatic heterocycles. The van der Waals surface area contributed by atoms with Gasteiger partial charge in [-0.05, 0) is 36.6 Å². The highest BCUT2D eigenvalue weighted by Gasteiger charge is 2.25. The molecule has 6 nitrogen and oxygen atoms in total. The Kier molecular flexibility index (Phi) is 8.68. The Labute approximate surface area is 197 Å². The van der Waals surface area contributed by atoms with Crippen LogP contribution < -0.4 is 16.4 Å². The molecule has 2 aromatic carbocycles. The first-order chi connectivity index (χ1) is 15.9. The number of hydrogen-bond donors (Lipinski definition) is 3. The van der Waals surface area contributed by atoms with Gasteiger partial charge in [0, 0.05) is 25.4 Å². The minimum Gasteiger partial charge on any atom is -0.350 e. The number of benzene rings is 2. The summed E-state index contributed by atoms with van der Waals surface area (Å²) in [7, 11) is 0. The molecule has 0 saturated heterocycles. The van der Waals surface area contributed by atoms with Crippen molar-refractivity contribution in [3.8, 4) is 10.4 Å². The highest BCUT2D eigenvalue weighted by atomic mass is 32.1. The molecule has 2 amide bonds. The van der Waals surface area contributed by atoms with E-state index in [1.807, 2.05) is 37.3 Å². The van der Waals surface area contributed by atoms with Crippen LogP contribution in [0.4, 0.5) is 4.39 Å². The zero-order valence-electron chi connectivity index (χ0n) is 18.8. The van der Waals surface area contributed by atoms with Crippen molar-refractivity contribution in [1.29, 1.82) is 0 Å². The van der Waals surface area contributed by atoms with Crippen molar-refractivity contribution in [2.45, 2.75) is 45.2 Å². The minimum absolute atomic E-state index is 0.213. The van der Waals surface area contributed by atoms with Gasteiger partial charge in [-0.2, -0.15) is 0 Å². The number of nitrogens with two attached hydrogens (primary N) is 1. The SMILES string of the molecule is CCC(=O)NC(Cc1nc(C)c(-c2ccc(F)cc2)s1)C(=O)NC(CN)Cc1ccccc1. The summed E-state index contributed by atoms with van der Waals surface area (Å²) in [5.41, 5.74) is 8.64. The lowest BCUT2D eigenvalue weighted by Crippen LogP contribution is -2.52. The zero-order chi connectivity index (χ0) is 23.8. The lowest BCUT2D eigenvalue weighted by Gasteiger charge is -2.22. The smallest absolute Gasteiger partial charge is 0.243 e. The fourth-order valence-electron chi connectivity index (χ4n) is 3.48. The van der Waals surface area contributed by atoms with Gasteiger partial charge in [-0.1, -0.05) is 49.4 Å². The number of nitrogens with zero attached hydrogens (tertiary/aromatic N) is 1. The second-order valence-electron chi connectivity index (χ2n) is 7.84. The van der Waals surface area contributed by atoms with E-state index in [1.165, 1.54) is 23.5 Å². The first kappa shape index (κ1) is 24.5. The third-order valence-corrected chi connectivity index (χ3v) is 6.48. The summed E-state index contributed by atoms with van der Waals surface area (Å²) in [6, 6.07) is 15.0. The summed E-state index contributed by atoms with van der Waals surface area (Å²) in [4.78, 5) is 30.7. The third kappa shape index (κ3) is 6.94. The molecule has 0 radical (unpaired) electrons. The van der Waals surface area contributed by atoms with Crippen LogP contribution in [0.3, 0.4) is 0 Å². The molecule has 2 unspecified atom stereocenters. The number of nitrogens with one attached hydrogen (secondary N) is 2. The largest absolute Gasteiger partial charge is 0.350 e. The fraction of sp³-hybridized carbons (Fsp3) is 0.320. The minimum atomic E-state index is -0.770. The molecule has 1 heterocycles. The maximum Gasteiger partial charge on any atom is 0.243 e. The number of aromatic nitrogens is 1. The number of carbonyl (C=O) groups is 2. The van der Waals surface area contributed by atoms with E-state index in [0.717, 1.165) is 26.7 Å². The van der Waals surface area contributed by atoms with E-state index in [0.29, 0.717) is 6.42 Å². The van der Waals surface area contributed by atoms with Gasteiger partial charge in [-0.15, -0.1) is 11.3 Å². The van der Waals surface area contributed by atoms with Crippen LogP contribution in [0.2, 0.25) is 0 Å². The van der Waals surface area contributed by atoms with Crippen molar-refractivity contribution in [3.63, 3.8) is 0 Å². The molecule has 4 N–H and O–H groups in total. The predicted molar refractivity (Wildman–Crippen MR) is 129 cm³/mol. The Morgan fingerprint density at radius 3 is 2.39 bits per heavy atom. The quantitative estimate of drug-likeness (QED) is 0.425. The second-order valence-corrected chi connectivity index (χ2v) is 8.92. The number of aryl methyl sites for hydroxylation is 1. The standard InChI is InChI=1S/C25H29FN4O2S/c1-3-22(31)30-21(25(32)29-20(15-27)13-17-7-5-4-6-8-17)14-23-28-16(2)24(33-23)18-9-11-19(26)12-10-18/h4-12,20-21H,3,13-15,27H2,1-2H3,(H,29,32)(H,30,31). The van der Waals surface area contributed by atoms with Gasteiger partial charge >= 0.3 is 0 Å². The van der Waals surface area contributed by atoms with Crippen LogP contribution in [-0.4, -0.2) is 35.4 Å². The van der Waals surface area contributed by atoms with Crippen LogP contribution in [0, 0.1) is 12.7 Å². The van der Waals surface area contributed by atoms with Gasteiger partial charge in [0.1, 0.15) is 11.9 Å². The highest BCUT2D eigenvalue weighted by molar-refractivity contribution is 7.15. The van der Waals surface area contributed by atoms with Crippen molar-refractivity contribution in [2.75, 3.05) is 6.54 Å². The lowest BCUT2D eigenvalue weighted by atomic mass is 10.1. The summed E-state index contributed by atoms with van der Waals surface area (Å²) in [5, 5.41) is 6.51. The molecule has 174 valence electrons. The lowest BCUT2D eigenvalue weighted by molar-refractivity contribution is -0.129. The maximum atomic E-state index is 13.3. The Morgan fingerprint density at radius 1 is 1.06 bits per heavy atom. The van der Waals surface area contributed by atoms with Crippen molar-refractivity contribution < 1.29 is 14.0 Å². The monoisotopic (exact) mass is 468 g/mol. The van der Waals surface area contributed by atoms with Gasteiger partial charge in [0.2, 0.25) is 11.8 Å². The molecule has 0 aliphatic carbocycles. The summed E-state index contributed by atoms with van der Waals surface area (Å²) < 4.78 is 13.3. The molecule has 0 spiro atoms. The van der Waals surface area contributed by atoms with Crippen molar-refractivity contribution in [3.05, 3.63) is 76.7 Å². The Bertz CT molecular complexity index is 1070. The van der Waals surface area contributed by atoms with Crippen LogP contribution in [0.1, 0.15) is 29.6 Å². The van der Waals surface area contributed by atoms with Crippen LogP contribution in [0.15, 0.2) is 54.6 Å². The summed E-state index contributed by atoms with van der Waals surface area (Å²) in [6.45, 7) is 3.89. The van der Waals surface area contributed by atoms with Crippen LogP contribution in [0.5, 0.6) is 0 Å². The Balaban J connectivity index is 1.75. The van der Waals surface area contributed by atoms with E-state index in [-0.39, 0.29) is 43.1 Å². The molecule has 0 fully saturated rings. The van der Waals surface area contributed by atoms with Crippen molar-refractivity contribution in [2.24, 2.45) is 5.73 Å². The summed E-state index contributed by atoms with van der Waals surface area (Å²) in [6.07, 6.45) is 1.13. The first-order valence-corrected chi connectivity index (χ1v) is 11.8. The molecule has 0 saturated carbocycles. The zero-order valence-corrected chi connectivity index (χ0v) is 19.6. The average molecular weight is 469 g/mol. The van der Waals surface area contributed by atoms with Gasteiger partial charge in [-0.25, -0.2) is 9.37 Å². The summed E-state index contributed by atoms with van der Waals surface area (Å²) in [5.74, 6) is -0.806. The van der Waals surface area contributed by atoms with E-state index in [2.05, 4.69) is 15.6 Å². The maximum absolute atomic E-state index is 13.3. The van der Waals surface area contributed by atoms with E-state index in [4.69, 9.17) is 5.73 Å². The van der Waals surface area contributed by atoms with Crippen LogP contribution >= 0.6 is 11.3 Å². The number of hydrogen-bond acceptors (Lipinski definition) is 5. The topological polar surface area (TPSA) is 97.1 Å². The van der Waals surface area contributed by atoms with Gasteiger partial charge in [0.15, 0.2) is 0 Å². The highest BCUT2D eigenvalue weighted by Crippen LogP contribution is 2.30. The first-order valence-electron chi connectivity index (χ1n) is 11.0. The molecule has 0 aliphatic rings. The normalized spacial score (nSPS) is 12.7. The number of thiazole rings is 1. The van der Waals surface area contributed by atoms with E-state index < -0.39 is 6.04 Å². The number of amides is 2. The number of halogens is 1. The number of rotatable bonds is 10.